The second-order valence-electron chi connectivity index (χ2n) is 4.74. The first-order chi connectivity index (χ1) is 9.72. The van der Waals surface area contributed by atoms with E-state index >= 15 is 0 Å². The van der Waals surface area contributed by atoms with Crippen molar-refractivity contribution < 1.29 is 4.74 Å². The van der Waals surface area contributed by atoms with Crippen LogP contribution in [0.2, 0.25) is 5.02 Å². The van der Waals surface area contributed by atoms with Crippen molar-refractivity contribution in [3.05, 3.63) is 64.2 Å². The van der Waals surface area contributed by atoms with Crippen molar-refractivity contribution in [3.8, 4) is 5.75 Å². The molecule has 0 fully saturated rings. The lowest BCUT2D eigenvalue weighted by atomic mass is 10.1. The molecule has 0 spiro atoms. The molecule has 0 aliphatic heterocycles. The van der Waals surface area contributed by atoms with E-state index in [4.69, 9.17) is 16.3 Å². The van der Waals surface area contributed by atoms with Crippen LogP contribution in [0, 0.1) is 0 Å². The Morgan fingerprint density at radius 3 is 2.15 bits per heavy atom. The number of hydrogen-bond donors (Lipinski definition) is 1. The van der Waals surface area contributed by atoms with Crippen molar-refractivity contribution in [3.63, 3.8) is 0 Å². The molecule has 0 bridgehead atoms. The molecule has 0 amide bonds. The predicted molar refractivity (Wildman–Crippen MR) is 84.4 cm³/mol. The Hall–Kier alpha value is -1.51. The maximum absolute atomic E-state index is 6.11. The molecule has 0 saturated heterocycles. The first-order valence-electron chi connectivity index (χ1n) is 6.84. The zero-order valence-corrected chi connectivity index (χ0v) is 12.7. The molecule has 0 atom stereocenters. The molecule has 0 heterocycles. The van der Waals surface area contributed by atoms with Crippen LogP contribution in [0.4, 0.5) is 0 Å². The minimum absolute atomic E-state index is 0.652. The van der Waals surface area contributed by atoms with Gasteiger partial charge in [0.1, 0.15) is 5.75 Å². The predicted octanol–water partition coefficient (Wildman–Crippen LogP) is 4.20. The van der Waals surface area contributed by atoms with Crippen molar-refractivity contribution in [2.45, 2.75) is 26.4 Å². The molecule has 2 aromatic carbocycles. The van der Waals surface area contributed by atoms with E-state index in [2.05, 4.69) is 36.5 Å². The number of halogens is 1. The second-order valence-corrected chi connectivity index (χ2v) is 5.15. The van der Waals surface area contributed by atoms with Crippen molar-refractivity contribution >= 4 is 11.6 Å². The number of hydrogen-bond acceptors (Lipinski definition) is 2. The Morgan fingerprint density at radius 1 is 0.950 bits per heavy atom. The third-order valence-electron chi connectivity index (χ3n) is 3.31. The molecule has 2 rings (SSSR count). The zero-order valence-electron chi connectivity index (χ0n) is 11.9. The lowest BCUT2D eigenvalue weighted by Crippen LogP contribution is -2.12. The minimum atomic E-state index is 0.652. The summed E-state index contributed by atoms with van der Waals surface area (Å²) in [6.45, 7) is 3.81. The summed E-state index contributed by atoms with van der Waals surface area (Å²) in [5, 5.41) is 4.07. The van der Waals surface area contributed by atoms with E-state index < -0.39 is 0 Å². The third-order valence-corrected chi connectivity index (χ3v) is 3.60. The Labute approximate surface area is 125 Å². The maximum atomic E-state index is 6.11. The molecule has 106 valence electrons. The largest absolute Gasteiger partial charge is 0.495 e. The molecule has 0 aliphatic carbocycles. The highest BCUT2D eigenvalue weighted by Gasteiger charge is 2.01. The maximum Gasteiger partial charge on any atom is 0.137 e. The number of methoxy groups -OCH3 is 1. The number of benzene rings is 2. The quantitative estimate of drug-likeness (QED) is 0.860. The Kier molecular flexibility index (Phi) is 5.45. The molecule has 2 aromatic rings. The summed E-state index contributed by atoms with van der Waals surface area (Å²) < 4.78 is 5.14. The topological polar surface area (TPSA) is 21.3 Å². The van der Waals surface area contributed by atoms with Crippen molar-refractivity contribution in [1.29, 1.82) is 0 Å². The number of nitrogens with one attached hydrogen (secondary N) is 1. The molecular weight excluding hydrogens is 270 g/mol. The van der Waals surface area contributed by atoms with Crippen LogP contribution in [0.25, 0.3) is 0 Å². The summed E-state index contributed by atoms with van der Waals surface area (Å²) in [7, 11) is 1.62. The SMILES string of the molecule is CCc1ccc(CNCc2ccc(OC)c(Cl)c2)cc1. The lowest BCUT2D eigenvalue weighted by molar-refractivity contribution is 0.415. The fourth-order valence-corrected chi connectivity index (χ4v) is 2.34. The van der Waals surface area contributed by atoms with E-state index in [1.54, 1.807) is 7.11 Å². The van der Waals surface area contributed by atoms with Gasteiger partial charge in [-0.1, -0.05) is 48.9 Å². The molecule has 0 aliphatic rings. The van der Waals surface area contributed by atoms with Gasteiger partial charge in [0.15, 0.2) is 0 Å². The Balaban J connectivity index is 1.87. The van der Waals surface area contributed by atoms with Crippen LogP contribution >= 0.6 is 11.6 Å². The second kappa shape index (κ2) is 7.32. The molecule has 0 radical (unpaired) electrons. The van der Waals surface area contributed by atoms with Gasteiger partial charge in [-0.15, -0.1) is 0 Å². The van der Waals surface area contributed by atoms with E-state index in [0.29, 0.717) is 10.8 Å². The Morgan fingerprint density at radius 2 is 1.55 bits per heavy atom. The fourth-order valence-electron chi connectivity index (χ4n) is 2.06. The van der Waals surface area contributed by atoms with Crippen LogP contribution in [0.3, 0.4) is 0 Å². The van der Waals surface area contributed by atoms with Gasteiger partial charge in [-0.05, 0) is 35.2 Å². The van der Waals surface area contributed by atoms with Gasteiger partial charge in [-0.3, -0.25) is 0 Å². The van der Waals surface area contributed by atoms with E-state index in [-0.39, 0.29) is 0 Å². The van der Waals surface area contributed by atoms with Crippen LogP contribution in [-0.4, -0.2) is 7.11 Å². The molecular formula is C17H20ClNO. The van der Waals surface area contributed by atoms with E-state index in [0.717, 1.165) is 25.1 Å². The zero-order chi connectivity index (χ0) is 14.4. The summed E-state index contributed by atoms with van der Waals surface area (Å²) in [5.41, 5.74) is 3.82. The molecule has 0 aromatic heterocycles. The number of rotatable bonds is 6. The summed E-state index contributed by atoms with van der Waals surface area (Å²) >= 11 is 6.11. The van der Waals surface area contributed by atoms with Crippen molar-refractivity contribution in [2.75, 3.05) is 7.11 Å². The van der Waals surface area contributed by atoms with Crippen LogP contribution in [0.5, 0.6) is 5.75 Å². The lowest BCUT2D eigenvalue weighted by Gasteiger charge is -2.08. The highest BCUT2D eigenvalue weighted by atomic mass is 35.5. The van der Waals surface area contributed by atoms with Gasteiger partial charge < -0.3 is 10.1 Å². The monoisotopic (exact) mass is 289 g/mol. The standard InChI is InChI=1S/C17H20ClNO/c1-3-13-4-6-14(7-5-13)11-19-12-15-8-9-17(20-2)16(18)10-15/h4-10,19H,3,11-12H2,1-2H3. The summed E-state index contributed by atoms with van der Waals surface area (Å²) in [6.07, 6.45) is 1.08. The molecule has 2 nitrogen and oxygen atoms in total. The molecule has 0 saturated carbocycles. The highest BCUT2D eigenvalue weighted by Crippen LogP contribution is 2.24. The van der Waals surface area contributed by atoms with Crippen LogP contribution in [0.1, 0.15) is 23.6 Å². The average molecular weight is 290 g/mol. The average Bonchev–Trinajstić information content (AvgIpc) is 2.48. The minimum Gasteiger partial charge on any atom is -0.495 e. The molecule has 0 unspecified atom stereocenters. The van der Waals surface area contributed by atoms with Crippen molar-refractivity contribution in [1.82, 2.24) is 5.32 Å². The highest BCUT2D eigenvalue weighted by molar-refractivity contribution is 6.32. The first-order valence-corrected chi connectivity index (χ1v) is 7.21. The van der Waals surface area contributed by atoms with Gasteiger partial charge in [-0.2, -0.15) is 0 Å². The van der Waals surface area contributed by atoms with Gasteiger partial charge in [0.25, 0.3) is 0 Å². The van der Waals surface area contributed by atoms with Gasteiger partial charge in [0, 0.05) is 13.1 Å². The van der Waals surface area contributed by atoms with Crippen molar-refractivity contribution in [2.24, 2.45) is 0 Å². The smallest absolute Gasteiger partial charge is 0.137 e. The van der Waals surface area contributed by atoms with Crippen LogP contribution in [-0.2, 0) is 19.5 Å². The molecule has 3 heteroatoms. The summed E-state index contributed by atoms with van der Waals surface area (Å²) in [5.74, 6) is 0.713. The summed E-state index contributed by atoms with van der Waals surface area (Å²) in [4.78, 5) is 0. The first kappa shape index (κ1) is 14.9. The molecule has 1 N–H and O–H groups in total. The number of aryl methyl sites for hydroxylation is 1. The van der Waals surface area contributed by atoms with E-state index in [1.165, 1.54) is 11.1 Å². The van der Waals surface area contributed by atoms with Crippen LogP contribution in [0.15, 0.2) is 42.5 Å². The normalized spacial score (nSPS) is 10.6. The Bertz CT molecular complexity index is 551. The van der Waals surface area contributed by atoms with Gasteiger partial charge in [0.05, 0.1) is 12.1 Å². The number of ether oxygens (including phenoxy) is 1. The van der Waals surface area contributed by atoms with Gasteiger partial charge in [-0.25, -0.2) is 0 Å². The van der Waals surface area contributed by atoms with E-state index in [9.17, 15) is 0 Å². The fraction of sp³-hybridized carbons (Fsp3) is 0.294. The van der Waals surface area contributed by atoms with Gasteiger partial charge in [0.2, 0.25) is 0 Å². The third kappa shape index (κ3) is 3.99. The summed E-state index contributed by atoms with van der Waals surface area (Å²) in [6, 6.07) is 14.6. The van der Waals surface area contributed by atoms with Gasteiger partial charge >= 0.3 is 0 Å². The van der Waals surface area contributed by atoms with Crippen LogP contribution < -0.4 is 10.1 Å². The molecule has 20 heavy (non-hydrogen) atoms. The van der Waals surface area contributed by atoms with E-state index in [1.807, 2.05) is 18.2 Å².